The number of hydrogen-bond acceptors (Lipinski definition) is 3. The lowest BCUT2D eigenvalue weighted by Crippen LogP contribution is -2.36. The van der Waals surface area contributed by atoms with Gasteiger partial charge in [0.25, 0.3) is 0 Å². The first-order valence-corrected chi connectivity index (χ1v) is 3.50. The number of ether oxygens (including phenoxy) is 1. The fourth-order valence-electron chi connectivity index (χ4n) is 0.421. The highest BCUT2D eigenvalue weighted by Crippen LogP contribution is 1.88. The van der Waals surface area contributed by atoms with Crippen LogP contribution in [0.5, 0.6) is 0 Å². The molecule has 0 aromatic rings. The number of carbonyl (C=O) groups excluding carboxylic acids is 1. The van der Waals surface area contributed by atoms with Gasteiger partial charge in [0.05, 0.1) is 7.11 Å². The van der Waals surface area contributed by atoms with Crippen LogP contribution in [0.2, 0.25) is 0 Å². The van der Waals surface area contributed by atoms with E-state index >= 15 is 0 Å². The zero-order valence-corrected chi connectivity index (χ0v) is 7.46. The molecule has 10 heavy (non-hydrogen) atoms. The Morgan fingerprint density at radius 1 is 1.80 bits per heavy atom. The van der Waals surface area contributed by atoms with Gasteiger partial charge in [-0.15, -0.1) is 12.6 Å². The van der Waals surface area contributed by atoms with Crippen LogP contribution in [0.3, 0.4) is 0 Å². The highest BCUT2D eigenvalue weighted by atomic mass is 32.1. The number of esters is 1. The molecule has 0 spiro atoms. The van der Waals surface area contributed by atoms with Gasteiger partial charge in [-0.1, -0.05) is 12.2 Å². The Bertz CT molecular complexity index is 149. The molecule has 0 aromatic heterocycles. The van der Waals surface area contributed by atoms with Gasteiger partial charge >= 0.3 is 5.97 Å². The van der Waals surface area contributed by atoms with Gasteiger partial charge in [-0.3, -0.25) is 0 Å². The van der Waals surface area contributed by atoms with Crippen molar-refractivity contribution in [1.82, 2.24) is 5.32 Å². The molecule has 0 saturated heterocycles. The number of methoxy groups -OCH3 is 1. The van der Waals surface area contributed by atoms with Crippen molar-refractivity contribution in [2.45, 2.75) is 13.0 Å². The Kier molecular flexibility index (Phi) is 4.38. The fourth-order valence-corrected chi connectivity index (χ4v) is 0.791. The van der Waals surface area contributed by atoms with E-state index in [-0.39, 0.29) is 10.3 Å². The largest absolute Gasteiger partial charge is 0.467 e. The van der Waals surface area contributed by atoms with Crippen molar-refractivity contribution in [2.24, 2.45) is 0 Å². The maximum Gasteiger partial charge on any atom is 0.328 e. The van der Waals surface area contributed by atoms with Crippen molar-refractivity contribution >= 4 is 35.1 Å². The summed E-state index contributed by atoms with van der Waals surface area (Å²) < 4.78 is 4.71. The van der Waals surface area contributed by atoms with Crippen LogP contribution in [0, 0.1) is 0 Å². The molecule has 1 atom stereocenters. The van der Waals surface area contributed by atoms with E-state index in [1.54, 1.807) is 6.92 Å². The maximum atomic E-state index is 10.7. The summed E-state index contributed by atoms with van der Waals surface area (Å²) in [5.74, 6) is -0.351. The zero-order chi connectivity index (χ0) is 8.15. The Labute approximate surface area is 70.5 Å². The lowest BCUT2D eigenvalue weighted by molar-refractivity contribution is -0.142. The first kappa shape index (κ1) is 9.71. The van der Waals surface area contributed by atoms with Gasteiger partial charge < -0.3 is 10.1 Å². The fraction of sp³-hybridized carbons (Fsp3) is 0.600. The van der Waals surface area contributed by atoms with Crippen LogP contribution >= 0.6 is 24.8 Å². The predicted molar refractivity (Wildman–Crippen MR) is 46.2 cm³/mol. The van der Waals surface area contributed by atoms with Crippen LogP contribution in [0.4, 0.5) is 0 Å². The van der Waals surface area contributed by atoms with E-state index < -0.39 is 6.04 Å². The van der Waals surface area contributed by atoms with Gasteiger partial charge in [0.2, 0.25) is 0 Å². The predicted octanol–water partition coefficient (Wildman–Crippen LogP) is 0.352. The summed E-state index contributed by atoms with van der Waals surface area (Å²) in [6.07, 6.45) is 0. The second-order valence-corrected chi connectivity index (χ2v) is 2.85. The Morgan fingerprint density at radius 2 is 2.30 bits per heavy atom. The quantitative estimate of drug-likeness (QED) is 0.364. The first-order valence-electron chi connectivity index (χ1n) is 2.65. The second-order valence-electron chi connectivity index (χ2n) is 1.69. The smallest absolute Gasteiger partial charge is 0.328 e. The molecular formula is C5H9NO2S2. The molecule has 0 bridgehead atoms. The molecule has 1 N–H and O–H groups in total. The molecule has 3 nitrogen and oxygen atoms in total. The Balaban J connectivity index is 3.72. The summed E-state index contributed by atoms with van der Waals surface area (Å²) in [5.41, 5.74) is 0. The third-order valence-corrected chi connectivity index (χ3v) is 1.14. The maximum absolute atomic E-state index is 10.7. The van der Waals surface area contributed by atoms with Gasteiger partial charge in [0.15, 0.2) is 0 Å². The van der Waals surface area contributed by atoms with Crippen LogP contribution in [-0.2, 0) is 9.53 Å². The number of carbonyl (C=O) groups is 1. The van der Waals surface area contributed by atoms with Crippen LogP contribution in [0.25, 0.3) is 0 Å². The molecule has 1 unspecified atom stereocenters. The molecule has 0 aliphatic rings. The molecule has 0 heterocycles. The number of hydrogen-bond donors (Lipinski definition) is 2. The minimum absolute atomic E-state index is 0.290. The summed E-state index contributed by atoms with van der Waals surface area (Å²) in [7, 11) is 1.32. The molecule has 58 valence electrons. The van der Waals surface area contributed by atoms with Crippen molar-refractivity contribution in [2.75, 3.05) is 7.11 Å². The summed E-state index contributed by atoms with van der Waals surface area (Å²) in [4.78, 5) is 10.7. The average Bonchev–Trinajstić information content (AvgIpc) is 1.85. The van der Waals surface area contributed by atoms with E-state index in [2.05, 4.69) is 34.9 Å². The number of rotatable bonds is 2. The molecule has 0 aliphatic carbocycles. The zero-order valence-electron chi connectivity index (χ0n) is 5.75. The van der Waals surface area contributed by atoms with Crippen LogP contribution in [-0.4, -0.2) is 23.4 Å². The Hall–Kier alpha value is -0.290. The van der Waals surface area contributed by atoms with E-state index in [9.17, 15) is 4.79 Å². The summed E-state index contributed by atoms with van der Waals surface area (Å²) in [6.45, 7) is 1.65. The molecular weight excluding hydrogens is 170 g/mol. The molecule has 5 heteroatoms. The monoisotopic (exact) mass is 179 g/mol. The van der Waals surface area contributed by atoms with Crippen molar-refractivity contribution in [3.8, 4) is 0 Å². The minimum atomic E-state index is -0.421. The van der Waals surface area contributed by atoms with Crippen molar-refractivity contribution in [1.29, 1.82) is 0 Å². The van der Waals surface area contributed by atoms with Crippen molar-refractivity contribution in [3.05, 3.63) is 0 Å². The normalized spacial score (nSPS) is 11.9. The van der Waals surface area contributed by atoms with Gasteiger partial charge in [0, 0.05) is 0 Å². The molecule has 0 aliphatic heterocycles. The highest BCUT2D eigenvalue weighted by molar-refractivity contribution is 8.11. The van der Waals surface area contributed by atoms with Gasteiger partial charge in [0.1, 0.15) is 10.4 Å². The van der Waals surface area contributed by atoms with Crippen LogP contribution in [0.15, 0.2) is 0 Å². The summed E-state index contributed by atoms with van der Waals surface area (Å²) in [6, 6.07) is -0.421. The minimum Gasteiger partial charge on any atom is -0.467 e. The van der Waals surface area contributed by atoms with Gasteiger partial charge in [-0.2, -0.15) is 0 Å². The van der Waals surface area contributed by atoms with Gasteiger partial charge in [-0.25, -0.2) is 4.79 Å². The standard InChI is InChI=1S/C5H9NO2S2/c1-3(4(7)8-2)6-5(9)10/h3H,1-2H3,(H2,6,9,10). The topological polar surface area (TPSA) is 38.3 Å². The molecule has 0 amide bonds. The van der Waals surface area contributed by atoms with E-state index in [1.165, 1.54) is 7.11 Å². The highest BCUT2D eigenvalue weighted by Gasteiger charge is 2.11. The molecule has 0 aromatic carbocycles. The number of thiocarbonyl (C=S) groups is 1. The van der Waals surface area contributed by atoms with E-state index in [0.717, 1.165) is 0 Å². The average molecular weight is 179 g/mol. The van der Waals surface area contributed by atoms with E-state index in [0.29, 0.717) is 0 Å². The van der Waals surface area contributed by atoms with Crippen molar-refractivity contribution in [3.63, 3.8) is 0 Å². The molecule has 0 saturated carbocycles. The Morgan fingerprint density at radius 3 is 2.60 bits per heavy atom. The van der Waals surface area contributed by atoms with Gasteiger partial charge in [-0.05, 0) is 6.92 Å². The van der Waals surface area contributed by atoms with Crippen molar-refractivity contribution < 1.29 is 9.53 Å². The summed E-state index contributed by atoms with van der Waals surface area (Å²) in [5, 5.41) is 2.61. The van der Waals surface area contributed by atoms with Crippen LogP contribution < -0.4 is 5.32 Å². The molecule has 0 radical (unpaired) electrons. The third-order valence-electron chi connectivity index (χ3n) is 0.895. The number of nitrogens with one attached hydrogen (secondary N) is 1. The second kappa shape index (κ2) is 4.51. The number of thiol groups is 1. The van der Waals surface area contributed by atoms with E-state index in [4.69, 9.17) is 0 Å². The lowest BCUT2D eigenvalue weighted by Gasteiger charge is -2.09. The molecule has 0 fully saturated rings. The molecule has 0 rings (SSSR count). The lowest BCUT2D eigenvalue weighted by atomic mass is 10.4. The van der Waals surface area contributed by atoms with Crippen LogP contribution in [0.1, 0.15) is 6.92 Å². The summed E-state index contributed by atoms with van der Waals surface area (Å²) >= 11 is 8.37. The van der Waals surface area contributed by atoms with E-state index in [1.807, 2.05) is 0 Å². The third kappa shape index (κ3) is 3.68. The SMILES string of the molecule is COC(=O)C(C)NC(=S)S. The first-order chi connectivity index (χ1) is 4.57.